The van der Waals surface area contributed by atoms with Crippen molar-refractivity contribution in [2.75, 3.05) is 0 Å². The fraction of sp³-hybridized carbons (Fsp3) is 0.227. The summed E-state index contributed by atoms with van der Waals surface area (Å²) in [5, 5.41) is 7.98. The van der Waals surface area contributed by atoms with Gasteiger partial charge < -0.3 is 9.15 Å². The molecule has 0 aliphatic rings. The van der Waals surface area contributed by atoms with Gasteiger partial charge in [0.25, 0.3) is 5.89 Å². The predicted octanol–water partition coefficient (Wildman–Crippen LogP) is 5.18. The van der Waals surface area contributed by atoms with E-state index in [2.05, 4.69) is 36.2 Å². The third-order valence-electron chi connectivity index (χ3n) is 4.12. The summed E-state index contributed by atoms with van der Waals surface area (Å²) in [6.07, 6.45) is 2.49. The fourth-order valence-electron chi connectivity index (χ4n) is 2.52. The molecule has 0 radical (unpaired) electrons. The van der Waals surface area contributed by atoms with E-state index < -0.39 is 12.1 Å². The van der Waals surface area contributed by atoms with E-state index in [1.54, 1.807) is 13.0 Å². The van der Waals surface area contributed by atoms with Gasteiger partial charge in [0.1, 0.15) is 0 Å². The molecule has 1 heterocycles. The van der Waals surface area contributed by atoms with Crippen molar-refractivity contribution in [1.29, 1.82) is 0 Å². The lowest BCUT2D eigenvalue weighted by molar-refractivity contribution is -0.143. The van der Waals surface area contributed by atoms with Gasteiger partial charge in [-0.1, -0.05) is 56.3 Å². The van der Waals surface area contributed by atoms with Gasteiger partial charge in [0, 0.05) is 11.6 Å². The normalized spacial score (nSPS) is 12.4. The number of ether oxygens (including phenoxy) is 1. The maximum Gasteiger partial charge on any atom is 0.331 e. The maximum atomic E-state index is 12.1. The second-order valence-electron chi connectivity index (χ2n) is 6.55. The SMILES string of the molecule is CC(C)c1ccc(/C=C/C(=O)OC(C)c2nnc(-c3ccccc3)o2)cc1. The van der Waals surface area contributed by atoms with Crippen molar-refractivity contribution in [3.05, 3.63) is 77.7 Å². The topological polar surface area (TPSA) is 65.2 Å². The van der Waals surface area contributed by atoms with Gasteiger partial charge in [-0.3, -0.25) is 0 Å². The minimum atomic E-state index is -0.629. The van der Waals surface area contributed by atoms with E-state index in [9.17, 15) is 4.79 Å². The lowest BCUT2D eigenvalue weighted by Gasteiger charge is -2.07. The van der Waals surface area contributed by atoms with E-state index >= 15 is 0 Å². The Morgan fingerprint density at radius 3 is 2.37 bits per heavy atom. The zero-order valence-electron chi connectivity index (χ0n) is 15.6. The van der Waals surface area contributed by atoms with Crippen LogP contribution in [0.5, 0.6) is 0 Å². The van der Waals surface area contributed by atoms with Crippen molar-refractivity contribution < 1.29 is 13.9 Å². The van der Waals surface area contributed by atoms with Gasteiger partial charge in [-0.15, -0.1) is 10.2 Å². The van der Waals surface area contributed by atoms with Gasteiger partial charge in [-0.2, -0.15) is 0 Å². The van der Waals surface area contributed by atoms with Crippen LogP contribution in [0.4, 0.5) is 0 Å². The van der Waals surface area contributed by atoms with Crippen LogP contribution in [-0.4, -0.2) is 16.2 Å². The Kier molecular flexibility index (Phi) is 5.81. The van der Waals surface area contributed by atoms with Crippen LogP contribution in [0.25, 0.3) is 17.5 Å². The summed E-state index contributed by atoms with van der Waals surface area (Å²) in [5.74, 6) is 0.671. The largest absolute Gasteiger partial charge is 0.449 e. The molecule has 3 aromatic rings. The molecule has 1 unspecified atom stereocenters. The van der Waals surface area contributed by atoms with E-state index in [0.29, 0.717) is 11.8 Å². The number of nitrogens with zero attached hydrogens (tertiary/aromatic N) is 2. The Hall–Kier alpha value is -3.21. The summed E-state index contributed by atoms with van der Waals surface area (Å²) in [5.41, 5.74) is 3.02. The molecule has 27 heavy (non-hydrogen) atoms. The Labute approximate surface area is 158 Å². The molecule has 2 aromatic carbocycles. The fourth-order valence-corrected chi connectivity index (χ4v) is 2.52. The first-order valence-corrected chi connectivity index (χ1v) is 8.90. The Morgan fingerprint density at radius 2 is 1.70 bits per heavy atom. The average Bonchev–Trinajstić information content (AvgIpc) is 3.18. The highest BCUT2D eigenvalue weighted by Gasteiger charge is 2.17. The number of carbonyl (C=O) groups is 1. The quantitative estimate of drug-likeness (QED) is 0.447. The zero-order valence-corrected chi connectivity index (χ0v) is 15.6. The molecule has 0 bridgehead atoms. The van der Waals surface area contributed by atoms with Crippen LogP contribution < -0.4 is 0 Å². The third kappa shape index (κ3) is 4.91. The first-order chi connectivity index (χ1) is 13.0. The number of hydrogen-bond donors (Lipinski definition) is 0. The number of rotatable bonds is 6. The molecular formula is C22H22N2O3. The van der Waals surface area contributed by atoms with Gasteiger partial charge >= 0.3 is 5.97 Å². The molecule has 5 heteroatoms. The molecule has 3 rings (SSSR count). The molecule has 0 saturated carbocycles. The van der Waals surface area contributed by atoms with Gasteiger partial charge in [0.05, 0.1) is 0 Å². The van der Waals surface area contributed by atoms with Gasteiger partial charge in [-0.25, -0.2) is 4.79 Å². The van der Waals surface area contributed by atoms with Crippen molar-refractivity contribution in [1.82, 2.24) is 10.2 Å². The van der Waals surface area contributed by atoms with Crippen LogP contribution in [0, 0.1) is 0 Å². The van der Waals surface area contributed by atoms with Crippen LogP contribution in [0.2, 0.25) is 0 Å². The summed E-state index contributed by atoms with van der Waals surface area (Å²) in [4.78, 5) is 12.1. The molecule has 0 aliphatic heterocycles. The number of esters is 1. The zero-order chi connectivity index (χ0) is 19.2. The van der Waals surface area contributed by atoms with E-state index in [0.717, 1.165) is 11.1 Å². The monoisotopic (exact) mass is 362 g/mol. The number of aromatic nitrogens is 2. The minimum absolute atomic E-state index is 0.261. The molecule has 1 aromatic heterocycles. The summed E-state index contributed by atoms with van der Waals surface area (Å²) in [6, 6.07) is 17.5. The molecule has 0 fully saturated rings. The second-order valence-corrected chi connectivity index (χ2v) is 6.55. The molecule has 1 atom stereocenters. The molecule has 0 aliphatic carbocycles. The van der Waals surface area contributed by atoms with E-state index in [1.165, 1.54) is 11.6 Å². The second kappa shape index (κ2) is 8.45. The Balaban J connectivity index is 1.60. The maximum absolute atomic E-state index is 12.1. The highest BCUT2D eigenvalue weighted by molar-refractivity contribution is 5.87. The third-order valence-corrected chi connectivity index (χ3v) is 4.12. The van der Waals surface area contributed by atoms with Crippen LogP contribution >= 0.6 is 0 Å². The van der Waals surface area contributed by atoms with Crippen LogP contribution in [0.1, 0.15) is 49.8 Å². The molecule has 0 spiro atoms. The number of benzene rings is 2. The lowest BCUT2D eigenvalue weighted by atomic mass is 10.0. The van der Waals surface area contributed by atoms with E-state index in [-0.39, 0.29) is 5.89 Å². The molecule has 0 amide bonds. The van der Waals surface area contributed by atoms with E-state index in [4.69, 9.17) is 9.15 Å². The van der Waals surface area contributed by atoms with Gasteiger partial charge in [0.2, 0.25) is 5.89 Å². The van der Waals surface area contributed by atoms with Crippen molar-refractivity contribution >= 4 is 12.0 Å². The van der Waals surface area contributed by atoms with Crippen molar-refractivity contribution in [3.63, 3.8) is 0 Å². The molecule has 5 nitrogen and oxygen atoms in total. The standard InChI is InChI=1S/C22H22N2O3/c1-15(2)18-12-9-17(10-13-18)11-14-20(25)26-16(3)21-23-24-22(27-21)19-7-5-4-6-8-19/h4-16H,1-3H3/b14-11+. The summed E-state index contributed by atoms with van der Waals surface area (Å²) < 4.78 is 11.0. The first-order valence-electron chi connectivity index (χ1n) is 8.90. The van der Waals surface area contributed by atoms with Crippen molar-refractivity contribution in [2.45, 2.75) is 32.8 Å². The Bertz CT molecular complexity index is 912. The summed E-state index contributed by atoms with van der Waals surface area (Å²) >= 11 is 0. The number of carbonyl (C=O) groups excluding carboxylic acids is 1. The summed E-state index contributed by atoms with van der Waals surface area (Å²) in [7, 11) is 0. The predicted molar refractivity (Wildman–Crippen MR) is 104 cm³/mol. The smallest absolute Gasteiger partial charge is 0.331 e. The highest BCUT2D eigenvalue weighted by atomic mass is 16.6. The number of hydrogen-bond acceptors (Lipinski definition) is 5. The Morgan fingerprint density at radius 1 is 1.00 bits per heavy atom. The minimum Gasteiger partial charge on any atom is -0.449 e. The van der Waals surface area contributed by atoms with Crippen LogP contribution in [-0.2, 0) is 9.53 Å². The lowest BCUT2D eigenvalue weighted by Crippen LogP contribution is -2.06. The molecule has 0 saturated heterocycles. The highest BCUT2D eigenvalue weighted by Crippen LogP contribution is 2.22. The molecule has 138 valence electrons. The van der Waals surface area contributed by atoms with Gasteiger partial charge in [0.15, 0.2) is 6.10 Å². The summed E-state index contributed by atoms with van der Waals surface area (Å²) in [6.45, 7) is 5.99. The van der Waals surface area contributed by atoms with E-state index in [1.807, 2.05) is 42.5 Å². The van der Waals surface area contributed by atoms with Crippen LogP contribution in [0.15, 0.2) is 65.1 Å². The average molecular weight is 362 g/mol. The van der Waals surface area contributed by atoms with Crippen molar-refractivity contribution in [2.24, 2.45) is 0 Å². The van der Waals surface area contributed by atoms with Gasteiger partial charge in [-0.05, 0) is 42.2 Å². The molecule has 0 N–H and O–H groups in total. The first kappa shape index (κ1) is 18.6. The van der Waals surface area contributed by atoms with Crippen molar-refractivity contribution in [3.8, 4) is 11.5 Å². The molecular weight excluding hydrogens is 340 g/mol. The van der Waals surface area contributed by atoms with Crippen LogP contribution in [0.3, 0.4) is 0 Å².